The molecule has 1 fully saturated rings. The van der Waals surface area contributed by atoms with Crippen molar-refractivity contribution in [1.29, 1.82) is 0 Å². The Hall–Kier alpha value is -2.20. The van der Waals surface area contributed by atoms with Crippen LogP contribution in [0.1, 0.15) is 30.0 Å². The summed E-state index contributed by atoms with van der Waals surface area (Å²) in [7, 11) is -3.67. The molecule has 0 spiro atoms. The van der Waals surface area contributed by atoms with Crippen LogP contribution in [0.5, 0.6) is 0 Å². The molecule has 3 rings (SSSR count). The Balaban J connectivity index is 1.56. The number of piperidine rings is 1. The highest BCUT2D eigenvalue weighted by Crippen LogP contribution is 2.23. The molecule has 1 aliphatic heterocycles. The van der Waals surface area contributed by atoms with Crippen LogP contribution in [0.15, 0.2) is 48.8 Å². The molecule has 10 heteroatoms. The van der Waals surface area contributed by atoms with Crippen molar-refractivity contribution in [1.82, 2.24) is 14.6 Å². The summed E-state index contributed by atoms with van der Waals surface area (Å²) in [6.07, 6.45) is 2.79. The number of aromatic nitrogens is 1. The lowest BCUT2D eigenvalue weighted by atomic mass is 10.1. The molecule has 8 nitrogen and oxygen atoms in total. The van der Waals surface area contributed by atoms with Gasteiger partial charge in [-0.3, -0.25) is 4.98 Å². The Labute approximate surface area is 180 Å². The van der Waals surface area contributed by atoms with Gasteiger partial charge in [-0.05, 0) is 36.1 Å². The number of pyridine rings is 1. The molecule has 1 aliphatic rings. The van der Waals surface area contributed by atoms with Gasteiger partial charge in [0.15, 0.2) is 0 Å². The molecule has 0 aliphatic carbocycles. The van der Waals surface area contributed by atoms with Crippen LogP contribution in [-0.2, 0) is 21.4 Å². The molecule has 1 amide bonds. The lowest BCUT2D eigenvalue weighted by molar-refractivity contribution is 0.0102. The molecule has 1 saturated heterocycles. The number of carboxylic acid groups (broad SMARTS) is 1. The summed E-state index contributed by atoms with van der Waals surface area (Å²) in [5.41, 5.74) is 1.40. The Bertz CT molecular complexity index is 950. The molecule has 1 aromatic carbocycles. The van der Waals surface area contributed by atoms with Crippen molar-refractivity contribution >= 4 is 27.7 Å². The standard InChI is InChI=1S/C20H24ClN3O5S/c21-18-6-2-1-4-16(18)13-29-17-7-10-24(11-8-17)30(27,28)14-19(23-20(25)26)15-5-3-9-22-12-15/h1-6,9,12,17,19,23H,7-8,10-11,13-14H2,(H,25,26). The van der Waals surface area contributed by atoms with Gasteiger partial charge in [0.05, 0.1) is 24.5 Å². The van der Waals surface area contributed by atoms with Crippen LogP contribution < -0.4 is 5.32 Å². The first-order valence-electron chi connectivity index (χ1n) is 9.57. The minimum absolute atomic E-state index is 0.0565. The number of benzene rings is 1. The first kappa shape index (κ1) is 22.5. The van der Waals surface area contributed by atoms with Crippen molar-refractivity contribution in [3.63, 3.8) is 0 Å². The van der Waals surface area contributed by atoms with E-state index in [-0.39, 0.29) is 11.9 Å². The van der Waals surface area contributed by atoms with E-state index in [9.17, 15) is 13.2 Å². The highest BCUT2D eigenvalue weighted by molar-refractivity contribution is 7.89. The number of nitrogens with one attached hydrogen (secondary N) is 1. The van der Waals surface area contributed by atoms with Gasteiger partial charge < -0.3 is 15.2 Å². The first-order chi connectivity index (χ1) is 14.3. The minimum Gasteiger partial charge on any atom is -0.465 e. The number of rotatable bonds is 8. The lowest BCUT2D eigenvalue weighted by Gasteiger charge is -2.32. The highest BCUT2D eigenvalue weighted by atomic mass is 35.5. The molecule has 2 aromatic rings. The molecule has 0 radical (unpaired) electrons. The number of sulfonamides is 1. The molecule has 162 valence electrons. The molecule has 2 heterocycles. The molecular formula is C20H24ClN3O5S. The molecule has 0 saturated carbocycles. The number of nitrogens with zero attached hydrogens (tertiary/aromatic N) is 2. The van der Waals surface area contributed by atoms with Gasteiger partial charge >= 0.3 is 6.09 Å². The van der Waals surface area contributed by atoms with Crippen molar-refractivity contribution < 1.29 is 23.1 Å². The van der Waals surface area contributed by atoms with Crippen LogP contribution in [0.4, 0.5) is 4.79 Å². The number of ether oxygens (including phenoxy) is 1. The van der Waals surface area contributed by atoms with E-state index in [0.717, 1.165) is 5.56 Å². The predicted molar refractivity (Wildman–Crippen MR) is 113 cm³/mol. The van der Waals surface area contributed by atoms with E-state index >= 15 is 0 Å². The summed E-state index contributed by atoms with van der Waals surface area (Å²) in [4.78, 5) is 15.1. The Morgan fingerprint density at radius 1 is 1.27 bits per heavy atom. The quantitative estimate of drug-likeness (QED) is 0.635. The first-order valence-corrected chi connectivity index (χ1v) is 11.6. The molecule has 0 bridgehead atoms. The third kappa shape index (κ3) is 6.15. The summed E-state index contributed by atoms with van der Waals surface area (Å²) >= 11 is 6.14. The number of amides is 1. The van der Waals surface area contributed by atoms with Crippen LogP contribution in [0.2, 0.25) is 5.02 Å². The zero-order valence-electron chi connectivity index (χ0n) is 16.3. The fraction of sp³-hybridized carbons (Fsp3) is 0.400. The smallest absolute Gasteiger partial charge is 0.405 e. The third-order valence-corrected chi connectivity index (χ3v) is 7.26. The van der Waals surface area contributed by atoms with Gasteiger partial charge in [-0.1, -0.05) is 35.9 Å². The molecule has 2 N–H and O–H groups in total. The maximum absolute atomic E-state index is 12.9. The Morgan fingerprint density at radius 2 is 2.00 bits per heavy atom. The lowest BCUT2D eigenvalue weighted by Crippen LogP contribution is -2.44. The number of hydrogen-bond donors (Lipinski definition) is 2. The van der Waals surface area contributed by atoms with Gasteiger partial charge in [-0.2, -0.15) is 0 Å². The van der Waals surface area contributed by atoms with Crippen LogP contribution >= 0.6 is 11.6 Å². The Morgan fingerprint density at radius 3 is 2.63 bits per heavy atom. The second-order valence-corrected chi connectivity index (χ2v) is 9.49. The average molecular weight is 454 g/mol. The zero-order valence-corrected chi connectivity index (χ0v) is 17.8. The predicted octanol–water partition coefficient (Wildman–Crippen LogP) is 3.05. The van der Waals surface area contributed by atoms with Gasteiger partial charge in [0, 0.05) is 30.5 Å². The van der Waals surface area contributed by atoms with Crippen molar-refractivity contribution in [2.24, 2.45) is 0 Å². The second-order valence-electron chi connectivity index (χ2n) is 7.07. The summed E-state index contributed by atoms with van der Waals surface area (Å²) in [6, 6.07) is 9.85. The number of carbonyl (C=O) groups is 1. The summed E-state index contributed by atoms with van der Waals surface area (Å²) in [5.74, 6) is -0.365. The number of hydrogen-bond acceptors (Lipinski definition) is 5. The summed E-state index contributed by atoms with van der Waals surface area (Å²) < 4.78 is 33.1. The maximum Gasteiger partial charge on any atom is 0.405 e. The van der Waals surface area contributed by atoms with Gasteiger partial charge in [-0.15, -0.1) is 0 Å². The van der Waals surface area contributed by atoms with Gasteiger partial charge in [-0.25, -0.2) is 17.5 Å². The minimum atomic E-state index is -3.67. The fourth-order valence-corrected chi connectivity index (χ4v) is 5.23. The van der Waals surface area contributed by atoms with Crippen molar-refractivity contribution in [2.45, 2.75) is 31.6 Å². The van der Waals surface area contributed by atoms with Crippen molar-refractivity contribution in [3.05, 3.63) is 64.9 Å². The summed E-state index contributed by atoms with van der Waals surface area (Å²) in [6.45, 7) is 1.02. The molecular weight excluding hydrogens is 430 g/mol. The molecule has 1 atom stereocenters. The Kier molecular flexibility index (Phi) is 7.65. The molecule has 1 unspecified atom stereocenters. The van der Waals surface area contributed by atoms with Crippen LogP contribution in [0, 0.1) is 0 Å². The number of halogens is 1. The SMILES string of the molecule is O=C(O)NC(CS(=O)(=O)N1CCC(OCc2ccccc2Cl)CC1)c1cccnc1. The van der Waals surface area contributed by atoms with Crippen molar-refractivity contribution in [3.8, 4) is 0 Å². The second kappa shape index (κ2) is 10.2. The van der Waals surface area contributed by atoms with E-state index in [1.54, 1.807) is 24.4 Å². The maximum atomic E-state index is 12.9. The van der Waals surface area contributed by atoms with E-state index in [1.165, 1.54) is 10.5 Å². The van der Waals surface area contributed by atoms with Crippen LogP contribution in [0.25, 0.3) is 0 Å². The topological polar surface area (TPSA) is 109 Å². The van der Waals surface area contributed by atoms with E-state index in [0.29, 0.717) is 43.1 Å². The average Bonchev–Trinajstić information content (AvgIpc) is 2.73. The normalized spacial score (nSPS) is 16.8. The zero-order chi connectivity index (χ0) is 21.6. The summed E-state index contributed by atoms with van der Waals surface area (Å²) in [5, 5.41) is 12.0. The van der Waals surface area contributed by atoms with Crippen LogP contribution in [-0.4, -0.2) is 53.9 Å². The van der Waals surface area contributed by atoms with Crippen LogP contribution in [0.3, 0.4) is 0 Å². The molecule has 30 heavy (non-hydrogen) atoms. The highest BCUT2D eigenvalue weighted by Gasteiger charge is 2.31. The van der Waals surface area contributed by atoms with E-state index < -0.39 is 22.2 Å². The third-order valence-electron chi connectivity index (χ3n) is 4.99. The van der Waals surface area contributed by atoms with Gasteiger partial charge in [0.1, 0.15) is 0 Å². The van der Waals surface area contributed by atoms with E-state index in [2.05, 4.69) is 10.3 Å². The fourth-order valence-electron chi connectivity index (χ4n) is 3.37. The molecule has 1 aromatic heterocycles. The van der Waals surface area contributed by atoms with E-state index in [4.69, 9.17) is 21.4 Å². The largest absolute Gasteiger partial charge is 0.465 e. The van der Waals surface area contributed by atoms with E-state index in [1.807, 2.05) is 18.2 Å². The van der Waals surface area contributed by atoms with Gasteiger partial charge in [0.2, 0.25) is 10.0 Å². The monoisotopic (exact) mass is 453 g/mol. The van der Waals surface area contributed by atoms with Gasteiger partial charge in [0.25, 0.3) is 0 Å². The van der Waals surface area contributed by atoms with Crippen molar-refractivity contribution in [2.75, 3.05) is 18.8 Å².